The van der Waals surface area contributed by atoms with Gasteiger partial charge in [-0.3, -0.25) is 6.08 Å². The van der Waals surface area contributed by atoms with Gasteiger partial charge in [-0.15, -0.1) is 6.42 Å². The van der Waals surface area contributed by atoms with Crippen LogP contribution in [0, 0.1) is 6.08 Å². The third kappa shape index (κ3) is 2.57. The number of hydrogen-bond donors (Lipinski definition) is 0. The molecule has 0 spiro atoms. The van der Waals surface area contributed by atoms with Gasteiger partial charge < -0.3 is 0 Å². The van der Waals surface area contributed by atoms with Gasteiger partial charge in [-0.25, -0.2) is 11.3 Å². The predicted octanol–water partition coefficient (Wildman–Crippen LogP) is 3.72. The molecule has 1 rings (SSSR count). The quantitative estimate of drug-likeness (QED) is 0.517. The van der Waals surface area contributed by atoms with Gasteiger partial charge in [0, 0.05) is 24.6 Å². The topological polar surface area (TPSA) is 0 Å². The second-order valence-electron chi connectivity index (χ2n) is 3.54. The van der Waals surface area contributed by atoms with Crippen molar-refractivity contribution in [2.45, 2.75) is 45.3 Å². The van der Waals surface area contributed by atoms with E-state index in [9.17, 15) is 0 Å². The van der Waals surface area contributed by atoms with Gasteiger partial charge in [-0.05, 0) is 0 Å². The normalized spacial score (nSPS) is 15.5. The maximum Gasteiger partial charge on any atom is 0.0478 e. The Bertz CT molecular complexity index is 194. The van der Waals surface area contributed by atoms with Crippen molar-refractivity contribution in [3.05, 3.63) is 23.4 Å². The van der Waals surface area contributed by atoms with E-state index >= 15 is 0 Å². The summed E-state index contributed by atoms with van der Waals surface area (Å²) in [6, 6.07) is 4.14. The molecule has 78 valence electrons. The van der Waals surface area contributed by atoms with Crippen molar-refractivity contribution in [1.29, 1.82) is 0 Å². The standard InChI is InChI=1S/C11H19Si.Ni/c1-4-12(5-2,6-3)11-9-7-8-10-11;/h7,9H,4-6,8H2,1-3H3;/q-1;. The van der Waals surface area contributed by atoms with Gasteiger partial charge in [0.2, 0.25) is 0 Å². The van der Waals surface area contributed by atoms with Crippen LogP contribution in [0.1, 0.15) is 27.2 Å². The van der Waals surface area contributed by atoms with Gasteiger partial charge in [0.15, 0.2) is 0 Å². The van der Waals surface area contributed by atoms with Gasteiger partial charge in [-0.1, -0.05) is 38.9 Å². The van der Waals surface area contributed by atoms with Crippen LogP contribution in [0.5, 0.6) is 0 Å². The van der Waals surface area contributed by atoms with Crippen LogP contribution in [0.2, 0.25) is 18.1 Å². The zero-order chi connectivity index (χ0) is 9.03. The number of rotatable bonds is 4. The Balaban J connectivity index is 0.00000144. The molecule has 0 unspecified atom stereocenters. The van der Waals surface area contributed by atoms with Crippen LogP contribution in [0.25, 0.3) is 0 Å². The van der Waals surface area contributed by atoms with Gasteiger partial charge in [-0.2, -0.15) is 6.08 Å². The molecule has 0 fully saturated rings. The van der Waals surface area contributed by atoms with E-state index < -0.39 is 8.07 Å². The summed E-state index contributed by atoms with van der Waals surface area (Å²) >= 11 is 0. The zero-order valence-corrected chi connectivity index (χ0v) is 10.8. The molecule has 1 aliphatic carbocycles. The predicted molar refractivity (Wildman–Crippen MR) is 57.7 cm³/mol. The third-order valence-electron chi connectivity index (χ3n) is 3.30. The molecule has 0 atom stereocenters. The molecule has 0 saturated heterocycles. The minimum Gasteiger partial charge on any atom is -0.274 e. The first kappa shape index (κ1) is 13.2. The first-order valence-corrected chi connectivity index (χ1v) is 7.69. The van der Waals surface area contributed by atoms with Crippen LogP contribution in [-0.2, 0) is 16.5 Å². The SMILES string of the molecule is CC[Si](CC)(CC)C1=[C-]CC=C1.[Ni]. The van der Waals surface area contributed by atoms with Gasteiger partial charge >= 0.3 is 0 Å². The molecular formula is C11H19NiSi-. The summed E-state index contributed by atoms with van der Waals surface area (Å²) in [5, 5.41) is 1.59. The van der Waals surface area contributed by atoms with Crippen LogP contribution in [0.4, 0.5) is 0 Å². The number of hydrogen-bond acceptors (Lipinski definition) is 0. The van der Waals surface area contributed by atoms with Crippen molar-refractivity contribution >= 4 is 8.07 Å². The van der Waals surface area contributed by atoms with E-state index in [1.165, 1.54) is 18.1 Å². The summed E-state index contributed by atoms with van der Waals surface area (Å²) in [4.78, 5) is 0. The molecule has 0 aromatic rings. The molecule has 0 N–H and O–H groups in total. The van der Waals surface area contributed by atoms with Crippen molar-refractivity contribution < 1.29 is 16.5 Å². The summed E-state index contributed by atoms with van der Waals surface area (Å²) in [7, 11) is -1.07. The molecule has 0 aliphatic heterocycles. The Morgan fingerprint density at radius 1 is 1.23 bits per heavy atom. The van der Waals surface area contributed by atoms with E-state index in [1.807, 2.05) is 0 Å². The van der Waals surface area contributed by atoms with Crippen LogP contribution in [0.3, 0.4) is 0 Å². The molecule has 0 aromatic carbocycles. The Labute approximate surface area is 93.4 Å². The van der Waals surface area contributed by atoms with Gasteiger partial charge in [0.25, 0.3) is 0 Å². The summed E-state index contributed by atoms with van der Waals surface area (Å²) in [5.41, 5.74) is 0. The van der Waals surface area contributed by atoms with E-state index in [4.69, 9.17) is 0 Å². The Hall–Kier alpha value is 0.190. The zero-order valence-electron chi connectivity index (χ0n) is 8.80. The Kier molecular flexibility index (Phi) is 5.91. The molecule has 0 radical (unpaired) electrons. The average Bonchev–Trinajstić information content (AvgIpc) is 2.62. The van der Waals surface area contributed by atoms with Crippen LogP contribution < -0.4 is 0 Å². The van der Waals surface area contributed by atoms with Gasteiger partial charge in [0.1, 0.15) is 0 Å². The Morgan fingerprint density at radius 3 is 2.08 bits per heavy atom. The number of allylic oxidation sites excluding steroid dienone is 4. The van der Waals surface area contributed by atoms with E-state index in [1.54, 1.807) is 5.20 Å². The molecule has 0 heterocycles. The van der Waals surface area contributed by atoms with Crippen LogP contribution >= 0.6 is 0 Å². The fraction of sp³-hybridized carbons (Fsp3) is 0.636. The molecule has 0 amide bonds. The summed E-state index contributed by atoms with van der Waals surface area (Å²) in [6.45, 7) is 7.04. The van der Waals surface area contributed by atoms with Crippen molar-refractivity contribution in [2.75, 3.05) is 0 Å². The summed E-state index contributed by atoms with van der Waals surface area (Å²) in [6.07, 6.45) is 9.15. The van der Waals surface area contributed by atoms with Crippen molar-refractivity contribution in [2.24, 2.45) is 0 Å². The Morgan fingerprint density at radius 2 is 1.77 bits per heavy atom. The maximum absolute atomic E-state index is 3.52. The van der Waals surface area contributed by atoms with Crippen molar-refractivity contribution in [3.8, 4) is 0 Å². The smallest absolute Gasteiger partial charge is 0.0478 e. The fourth-order valence-corrected chi connectivity index (χ4v) is 5.68. The van der Waals surface area contributed by atoms with Crippen molar-refractivity contribution in [1.82, 2.24) is 0 Å². The molecule has 13 heavy (non-hydrogen) atoms. The van der Waals surface area contributed by atoms with Crippen LogP contribution in [-0.4, -0.2) is 8.07 Å². The molecule has 0 bridgehead atoms. The average molecular weight is 238 g/mol. The van der Waals surface area contributed by atoms with E-state index in [0.717, 1.165) is 6.42 Å². The molecule has 2 heteroatoms. The van der Waals surface area contributed by atoms with E-state index in [2.05, 4.69) is 39.0 Å². The first-order valence-electron chi connectivity index (χ1n) is 5.07. The third-order valence-corrected chi connectivity index (χ3v) is 8.84. The molecule has 0 aromatic heterocycles. The minimum absolute atomic E-state index is 0. The second-order valence-corrected chi connectivity index (χ2v) is 8.76. The van der Waals surface area contributed by atoms with Crippen LogP contribution in [0.15, 0.2) is 17.3 Å². The van der Waals surface area contributed by atoms with E-state index in [-0.39, 0.29) is 16.5 Å². The molecule has 0 nitrogen and oxygen atoms in total. The second kappa shape index (κ2) is 5.82. The molecular weight excluding hydrogens is 219 g/mol. The minimum atomic E-state index is -1.07. The monoisotopic (exact) mass is 237 g/mol. The molecule has 1 aliphatic rings. The summed E-state index contributed by atoms with van der Waals surface area (Å²) in [5.74, 6) is 0. The largest absolute Gasteiger partial charge is 0.274 e. The van der Waals surface area contributed by atoms with E-state index in [0.29, 0.717) is 0 Å². The maximum atomic E-state index is 3.52. The fourth-order valence-electron chi connectivity index (χ4n) is 2.09. The molecule has 0 saturated carbocycles. The van der Waals surface area contributed by atoms with Gasteiger partial charge in [0.05, 0.1) is 0 Å². The first-order chi connectivity index (χ1) is 5.79. The summed E-state index contributed by atoms with van der Waals surface area (Å²) < 4.78 is 0. The van der Waals surface area contributed by atoms with Crippen molar-refractivity contribution in [3.63, 3.8) is 0 Å².